The molecule has 0 amide bonds. The van der Waals surface area contributed by atoms with Crippen LogP contribution in [-0.2, 0) is 0 Å². The average molecular weight is 1050 g/mol. The van der Waals surface area contributed by atoms with Gasteiger partial charge in [-0.3, -0.25) is 0 Å². The van der Waals surface area contributed by atoms with E-state index in [2.05, 4.69) is 19.6 Å². The molecule has 0 heterocycles. The normalized spacial score (nSPS) is 11.7. The van der Waals surface area contributed by atoms with Gasteiger partial charge in [0.2, 0.25) is 0 Å². The summed E-state index contributed by atoms with van der Waals surface area (Å²) in [6.45, 7) is 6.14. The van der Waals surface area contributed by atoms with Crippen LogP contribution in [-0.4, -0.2) is 0 Å². The van der Waals surface area contributed by atoms with E-state index < -0.39 is 0 Å². The van der Waals surface area contributed by atoms with Crippen molar-refractivity contribution in [3.8, 4) is 0 Å². The van der Waals surface area contributed by atoms with Crippen LogP contribution in [0.1, 0.15) is 469 Å². The van der Waals surface area contributed by atoms with Gasteiger partial charge in [0, 0.05) is 0 Å². The lowest BCUT2D eigenvalue weighted by Gasteiger charge is -2.05. The van der Waals surface area contributed by atoms with Crippen molar-refractivity contribution < 1.29 is 0 Å². The van der Waals surface area contributed by atoms with Gasteiger partial charge in [-0.1, -0.05) is 462 Å². The Bertz CT molecular complexity index is 932. The third-order valence-corrected chi connectivity index (χ3v) is 18.0. The van der Waals surface area contributed by atoms with Gasteiger partial charge in [0.15, 0.2) is 0 Å². The van der Waals surface area contributed by atoms with Gasteiger partial charge in [-0.25, -0.2) is 0 Å². The van der Waals surface area contributed by atoms with Crippen molar-refractivity contribution in [3.63, 3.8) is 0 Å². The zero-order chi connectivity index (χ0) is 53.6. The summed E-state index contributed by atoms with van der Waals surface area (Å²) in [5, 5.41) is 0. The lowest BCUT2D eigenvalue weighted by Crippen LogP contribution is -1.85. The van der Waals surface area contributed by atoms with Crippen LogP contribution < -0.4 is 0 Å². The van der Waals surface area contributed by atoms with Gasteiger partial charge in [0.25, 0.3) is 0 Å². The van der Waals surface area contributed by atoms with Crippen LogP contribution in [0.2, 0.25) is 0 Å². The van der Waals surface area contributed by atoms with E-state index in [1.54, 1.807) is 0 Å². The number of hydrogen-bond acceptors (Lipinski definition) is 0. The van der Waals surface area contributed by atoms with Gasteiger partial charge >= 0.3 is 0 Å². The second-order valence-electron chi connectivity index (χ2n) is 25.8. The largest absolute Gasteiger partial charge is 0.103 e. The highest BCUT2D eigenvalue weighted by molar-refractivity contribution is 4.65. The minimum Gasteiger partial charge on any atom is -0.103 e. The molecule has 0 aromatic heterocycles. The highest BCUT2D eigenvalue weighted by atomic mass is 14.1. The monoisotopic (exact) mass is 1050 g/mol. The molecule has 0 N–H and O–H groups in total. The van der Waals surface area contributed by atoms with Gasteiger partial charge in [-0.15, -0.1) is 6.58 Å². The van der Waals surface area contributed by atoms with Crippen molar-refractivity contribution in [1.29, 1.82) is 0 Å². The molecule has 0 nitrogen and oxygen atoms in total. The standard InChI is InChI=1S/C75H150/c1-3-5-7-9-11-13-15-17-19-21-23-25-27-29-31-33-35-37-39-41-43-45-47-49-51-53-55-57-59-61-63-65-67-69-71-73-75-74-72-70-68-66-64-62-60-58-56-54-52-50-48-46-44-42-40-38-36-34-32-30-28-26-24-22-20-18-16-14-12-10-8-6-4-2/h3H,1,4-75H2,2H3. The summed E-state index contributed by atoms with van der Waals surface area (Å²) in [6.07, 6.45) is 109. The van der Waals surface area contributed by atoms with E-state index in [0.717, 1.165) is 0 Å². The Morgan fingerprint density at radius 2 is 0.213 bits per heavy atom. The summed E-state index contributed by atoms with van der Waals surface area (Å²) in [4.78, 5) is 0. The van der Waals surface area contributed by atoms with Crippen molar-refractivity contribution in [1.82, 2.24) is 0 Å². The Kier molecular flexibility index (Phi) is 73.5. The van der Waals surface area contributed by atoms with Crippen molar-refractivity contribution in [2.45, 2.75) is 469 Å². The van der Waals surface area contributed by atoms with Gasteiger partial charge in [0.05, 0.1) is 0 Å². The smallest absolute Gasteiger partial charge is 0.0353 e. The Labute approximate surface area is 479 Å². The summed E-state index contributed by atoms with van der Waals surface area (Å²) in [5.41, 5.74) is 0. The Hall–Kier alpha value is -0.260. The molecule has 75 heavy (non-hydrogen) atoms. The van der Waals surface area contributed by atoms with Crippen LogP contribution in [0.15, 0.2) is 12.7 Å². The molecule has 0 radical (unpaired) electrons. The number of allylic oxidation sites excluding steroid dienone is 1. The molecule has 0 fully saturated rings. The number of hydrogen-bond donors (Lipinski definition) is 0. The molecule has 0 saturated heterocycles. The predicted octanol–water partition coefficient (Wildman–Crippen LogP) is 29.3. The molecule has 0 aliphatic rings. The highest BCUT2D eigenvalue weighted by Gasteiger charge is 2.01. The Morgan fingerprint density at radius 1 is 0.133 bits per heavy atom. The highest BCUT2D eigenvalue weighted by Crippen LogP contribution is 2.21. The predicted molar refractivity (Wildman–Crippen MR) is 348 cm³/mol. The molecule has 0 saturated carbocycles. The fourth-order valence-electron chi connectivity index (χ4n) is 12.6. The molecule has 0 aromatic rings. The maximum absolute atomic E-state index is 3.82. The third kappa shape index (κ3) is 73.7. The Balaban J connectivity index is 3.07. The van der Waals surface area contributed by atoms with Gasteiger partial charge < -0.3 is 0 Å². The van der Waals surface area contributed by atoms with Crippen molar-refractivity contribution in [3.05, 3.63) is 12.7 Å². The van der Waals surface area contributed by atoms with Crippen LogP contribution in [0, 0.1) is 0 Å². The number of unbranched alkanes of at least 4 members (excludes halogenated alkanes) is 71. The first-order valence-corrected chi connectivity index (χ1v) is 37.0. The quantitative estimate of drug-likeness (QED) is 0.0421. The molecule has 0 atom stereocenters. The zero-order valence-corrected chi connectivity index (χ0v) is 53.2. The lowest BCUT2D eigenvalue weighted by atomic mass is 10.0. The van der Waals surface area contributed by atoms with E-state index in [0.29, 0.717) is 0 Å². The first-order chi connectivity index (χ1) is 37.4. The minimum atomic E-state index is 1.21. The molecule has 0 bridgehead atoms. The SMILES string of the molecule is C=CCCCCCCCCCCCCCCCCCCCCCCCCCCCCCCCCCCCCCCCCCCCCCCCCCCCCCCCCCCCCCCCCCCCCCCCCC. The van der Waals surface area contributed by atoms with Crippen LogP contribution in [0.5, 0.6) is 0 Å². The second kappa shape index (κ2) is 73.7. The molecule has 450 valence electrons. The molecule has 0 aliphatic carbocycles. The molecule has 0 aromatic carbocycles. The molecule has 0 unspecified atom stereocenters. The maximum atomic E-state index is 3.82. The first-order valence-electron chi connectivity index (χ1n) is 37.0. The summed E-state index contributed by atoms with van der Waals surface area (Å²) in [5.74, 6) is 0. The van der Waals surface area contributed by atoms with Crippen molar-refractivity contribution >= 4 is 0 Å². The van der Waals surface area contributed by atoms with E-state index in [4.69, 9.17) is 0 Å². The van der Waals surface area contributed by atoms with E-state index >= 15 is 0 Å². The number of rotatable bonds is 72. The van der Waals surface area contributed by atoms with Crippen molar-refractivity contribution in [2.75, 3.05) is 0 Å². The van der Waals surface area contributed by atoms with Crippen molar-refractivity contribution in [2.24, 2.45) is 0 Å². The van der Waals surface area contributed by atoms with Crippen LogP contribution >= 0.6 is 0 Å². The fourth-order valence-corrected chi connectivity index (χ4v) is 12.6. The Morgan fingerprint density at radius 3 is 0.293 bits per heavy atom. The van der Waals surface area contributed by atoms with Crippen LogP contribution in [0.3, 0.4) is 0 Å². The topological polar surface area (TPSA) is 0 Å². The molecule has 0 spiro atoms. The molecule has 0 heteroatoms. The lowest BCUT2D eigenvalue weighted by molar-refractivity contribution is 0.506. The average Bonchev–Trinajstić information content (AvgIpc) is 3.42. The van der Waals surface area contributed by atoms with Gasteiger partial charge in [-0.05, 0) is 12.8 Å². The minimum absolute atomic E-state index is 1.21. The summed E-state index contributed by atoms with van der Waals surface area (Å²) in [6, 6.07) is 0. The van der Waals surface area contributed by atoms with E-state index in [1.165, 1.54) is 462 Å². The molecule has 0 rings (SSSR count). The van der Waals surface area contributed by atoms with Gasteiger partial charge in [0.1, 0.15) is 0 Å². The molecule has 0 aliphatic heterocycles. The maximum Gasteiger partial charge on any atom is -0.0353 e. The fraction of sp³-hybridized carbons (Fsp3) is 0.973. The third-order valence-electron chi connectivity index (χ3n) is 18.0. The summed E-state index contributed by atoms with van der Waals surface area (Å²) in [7, 11) is 0. The van der Waals surface area contributed by atoms with Crippen LogP contribution in [0.25, 0.3) is 0 Å². The first kappa shape index (κ1) is 74.7. The molecular weight excluding hydrogens is 901 g/mol. The van der Waals surface area contributed by atoms with E-state index in [9.17, 15) is 0 Å². The zero-order valence-electron chi connectivity index (χ0n) is 53.2. The van der Waals surface area contributed by atoms with E-state index in [-0.39, 0.29) is 0 Å². The molecular formula is C75H150. The van der Waals surface area contributed by atoms with Crippen LogP contribution in [0.4, 0.5) is 0 Å². The summed E-state index contributed by atoms with van der Waals surface area (Å²) < 4.78 is 0. The second-order valence-corrected chi connectivity index (χ2v) is 25.8. The van der Waals surface area contributed by atoms with E-state index in [1.807, 2.05) is 0 Å². The van der Waals surface area contributed by atoms with Gasteiger partial charge in [-0.2, -0.15) is 0 Å². The summed E-state index contributed by atoms with van der Waals surface area (Å²) >= 11 is 0.